The van der Waals surface area contributed by atoms with Crippen LogP contribution in [0.2, 0.25) is 0 Å². The average molecular weight is 288 g/mol. The predicted molar refractivity (Wildman–Crippen MR) is 66.2 cm³/mol. The van der Waals surface area contributed by atoms with E-state index < -0.39 is 52.2 Å². The summed E-state index contributed by atoms with van der Waals surface area (Å²) in [5, 5.41) is 0. The summed E-state index contributed by atoms with van der Waals surface area (Å²) in [5.74, 6) is -6.96. The first-order valence-corrected chi connectivity index (χ1v) is 6.32. The third-order valence-corrected chi connectivity index (χ3v) is 4.00. The third-order valence-electron chi connectivity index (χ3n) is 4.00. The summed E-state index contributed by atoms with van der Waals surface area (Å²) in [6.07, 6.45) is -2.95. The minimum atomic E-state index is -2.95. The molecule has 0 aromatic carbocycles. The van der Waals surface area contributed by atoms with Crippen LogP contribution in [-0.2, 0) is 19.2 Å². The summed E-state index contributed by atoms with van der Waals surface area (Å²) in [5.41, 5.74) is -3.06. The maximum absolute atomic E-state index is 12.6. The molecular formula is C14H18F2O4. The molecule has 0 saturated heterocycles. The van der Waals surface area contributed by atoms with Crippen LogP contribution in [0.25, 0.3) is 0 Å². The Bertz CT molecular complexity index is 461. The Hall–Kier alpha value is -1.46. The lowest BCUT2D eigenvalue weighted by Gasteiger charge is -2.40. The highest BCUT2D eigenvalue weighted by Gasteiger charge is 2.60. The van der Waals surface area contributed by atoms with Crippen LogP contribution in [0.5, 0.6) is 0 Å². The van der Waals surface area contributed by atoms with Crippen molar-refractivity contribution in [2.75, 3.05) is 0 Å². The molecule has 0 amide bonds. The van der Waals surface area contributed by atoms with E-state index in [2.05, 4.69) is 0 Å². The summed E-state index contributed by atoms with van der Waals surface area (Å²) in [6.45, 7) is 6.25. The Morgan fingerprint density at radius 2 is 1.35 bits per heavy atom. The standard InChI is InChI=1S/C14H18F2O4/c1-6(11(15)16)8(17)7-9(18)13(2,3)12(20)14(4,5)10(7)19/h6-7,11H,1-5H3. The van der Waals surface area contributed by atoms with E-state index in [4.69, 9.17) is 0 Å². The van der Waals surface area contributed by atoms with E-state index in [1.54, 1.807) is 0 Å². The number of carbonyl (C=O) groups is 4. The van der Waals surface area contributed by atoms with Crippen molar-refractivity contribution in [2.24, 2.45) is 22.7 Å². The second-order valence-corrected chi connectivity index (χ2v) is 6.27. The lowest BCUT2D eigenvalue weighted by molar-refractivity contribution is -0.162. The van der Waals surface area contributed by atoms with Gasteiger partial charge in [-0.15, -0.1) is 0 Å². The minimum Gasteiger partial charge on any atom is -0.298 e. The highest BCUT2D eigenvalue weighted by atomic mass is 19.3. The lowest BCUT2D eigenvalue weighted by atomic mass is 9.57. The first-order valence-electron chi connectivity index (χ1n) is 6.32. The summed E-state index contributed by atoms with van der Waals surface area (Å²) in [6, 6.07) is 0. The van der Waals surface area contributed by atoms with Crippen molar-refractivity contribution in [3.8, 4) is 0 Å². The average Bonchev–Trinajstić information content (AvgIpc) is 2.34. The summed E-state index contributed by atoms with van der Waals surface area (Å²) < 4.78 is 25.3. The van der Waals surface area contributed by atoms with E-state index in [0.717, 1.165) is 6.92 Å². The smallest absolute Gasteiger partial charge is 0.248 e. The molecular weight excluding hydrogens is 270 g/mol. The van der Waals surface area contributed by atoms with Crippen molar-refractivity contribution in [2.45, 2.75) is 41.0 Å². The zero-order chi connectivity index (χ0) is 16.0. The molecule has 0 radical (unpaired) electrons. The largest absolute Gasteiger partial charge is 0.298 e. The number of rotatable bonds is 3. The Kier molecular flexibility index (Phi) is 4.00. The van der Waals surface area contributed by atoms with E-state index in [0.29, 0.717) is 0 Å². The van der Waals surface area contributed by atoms with Crippen LogP contribution in [0.15, 0.2) is 0 Å². The van der Waals surface area contributed by atoms with Gasteiger partial charge in [0.1, 0.15) is 5.92 Å². The number of carbonyl (C=O) groups excluding carboxylic acids is 4. The lowest BCUT2D eigenvalue weighted by Crippen LogP contribution is -2.60. The van der Waals surface area contributed by atoms with Crippen LogP contribution in [0.4, 0.5) is 8.78 Å². The molecule has 1 unspecified atom stereocenters. The molecule has 20 heavy (non-hydrogen) atoms. The highest BCUT2D eigenvalue weighted by Crippen LogP contribution is 2.42. The molecule has 1 fully saturated rings. The second-order valence-electron chi connectivity index (χ2n) is 6.27. The van der Waals surface area contributed by atoms with Crippen molar-refractivity contribution >= 4 is 23.1 Å². The van der Waals surface area contributed by atoms with Gasteiger partial charge in [-0.2, -0.15) is 0 Å². The van der Waals surface area contributed by atoms with Gasteiger partial charge >= 0.3 is 0 Å². The second kappa shape index (κ2) is 4.82. The minimum absolute atomic E-state index is 0.589. The maximum Gasteiger partial charge on any atom is 0.248 e. The molecule has 0 bridgehead atoms. The Balaban J connectivity index is 3.33. The predicted octanol–water partition coefficient (Wildman–Crippen LogP) is 1.85. The van der Waals surface area contributed by atoms with Gasteiger partial charge in [-0.25, -0.2) is 8.78 Å². The number of hydrogen-bond acceptors (Lipinski definition) is 4. The number of halogens is 2. The molecule has 0 aliphatic heterocycles. The number of hydrogen-bond donors (Lipinski definition) is 0. The Morgan fingerprint density at radius 3 is 1.65 bits per heavy atom. The van der Waals surface area contributed by atoms with Gasteiger partial charge in [-0.05, 0) is 34.6 Å². The normalized spacial score (nSPS) is 24.1. The van der Waals surface area contributed by atoms with Crippen molar-refractivity contribution in [3.63, 3.8) is 0 Å². The van der Waals surface area contributed by atoms with Gasteiger partial charge in [-0.1, -0.05) is 0 Å². The fourth-order valence-electron chi connectivity index (χ4n) is 2.49. The van der Waals surface area contributed by atoms with Gasteiger partial charge < -0.3 is 0 Å². The number of Topliss-reactive ketones (excluding diaryl/α,β-unsaturated/α-hetero) is 4. The quantitative estimate of drug-likeness (QED) is 0.743. The van der Waals surface area contributed by atoms with Crippen LogP contribution in [0.3, 0.4) is 0 Å². The molecule has 1 aliphatic carbocycles. The Morgan fingerprint density at radius 1 is 1.00 bits per heavy atom. The third kappa shape index (κ3) is 2.21. The van der Waals surface area contributed by atoms with Gasteiger partial charge in [-0.3, -0.25) is 19.2 Å². The molecule has 1 aliphatic rings. The zero-order valence-corrected chi connectivity index (χ0v) is 12.1. The first-order chi connectivity index (χ1) is 8.86. The van der Waals surface area contributed by atoms with Crippen LogP contribution in [-0.4, -0.2) is 29.6 Å². The van der Waals surface area contributed by atoms with Gasteiger partial charge in [0.05, 0.1) is 16.7 Å². The van der Waals surface area contributed by atoms with Crippen molar-refractivity contribution in [1.82, 2.24) is 0 Å². The van der Waals surface area contributed by atoms with Gasteiger partial charge in [0.15, 0.2) is 23.1 Å². The van der Waals surface area contributed by atoms with E-state index in [1.807, 2.05) is 0 Å². The summed E-state index contributed by atoms with van der Waals surface area (Å²) >= 11 is 0. The van der Waals surface area contributed by atoms with E-state index in [1.165, 1.54) is 27.7 Å². The fourth-order valence-corrected chi connectivity index (χ4v) is 2.49. The molecule has 0 heterocycles. The zero-order valence-electron chi connectivity index (χ0n) is 12.1. The van der Waals surface area contributed by atoms with Gasteiger partial charge in [0, 0.05) is 0 Å². The van der Waals surface area contributed by atoms with E-state index in [9.17, 15) is 28.0 Å². The molecule has 0 N–H and O–H groups in total. The molecule has 0 aromatic rings. The molecule has 1 atom stereocenters. The van der Waals surface area contributed by atoms with Crippen molar-refractivity contribution in [3.05, 3.63) is 0 Å². The molecule has 112 valence electrons. The summed E-state index contributed by atoms with van der Waals surface area (Å²) in [4.78, 5) is 48.6. The van der Waals surface area contributed by atoms with Crippen LogP contribution < -0.4 is 0 Å². The molecule has 0 spiro atoms. The fraction of sp³-hybridized carbons (Fsp3) is 0.714. The van der Waals surface area contributed by atoms with Gasteiger partial charge in [0.2, 0.25) is 6.43 Å². The van der Waals surface area contributed by atoms with Crippen LogP contribution in [0, 0.1) is 22.7 Å². The maximum atomic E-state index is 12.6. The molecule has 4 nitrogen and oxygen atoms in total. The topological polar surface area (TPSA) is 68.3 Å². The monoisotopic (exact) mass is 288 g/mol. The van der Waals surface area contributed by atoms with E-state index >= 15 is 0 Å². The Labute approximate surface area is 115 Å². The number of ketones is 4. The van der Waals surface area contributed by atoms with Crippen molar-refractivity contribution < 1.29 is 28.0 Å². The SMILES string of the molecule is CC(C(=O)C1C(=O)C(C)(C)C(=O)C(C)(C)C1=O)C(F)F. The molecule has 6 heteroatoms. The molecule has 1 rings (SSSR count). The summed E-state index contributed by atoms with van der Waals surface area (Å²) in [7, 11) is 0. The highest BCUT2D eigenvalue weighted by molar-refractivity contribution is 6.35. The molecule has 0 aromatic heterocycles. The first kappa shape index (κ1) is 16.6. The number of alkyl halides is 2. The van der Waals surface area contributed by atoms with Crippen LogP contribution >= 0.6 is 0 Å². The van der Waals surface area contributed by atoms with Crippen molar-refractivity contribution in [1.29, 1.82) is 0 Å². The van der Waals surface area contributed by atoms with Crippen LogP contribution in [0.1, 0.15) is 34.6 Å². The van der Waals surface area contributed by atoms with E-state index in [-0.39, 0.29) is 0 Å². The van der Waals surface area contributed by atoms with Gasteiger partial charge in [0.25, 0.3) is 0 Å². The molecule has 1 saturated carbocycles.